The number of nitrogens with zero attached hydrogens (tertiary/aromatic N) is 1. The lowest BCUT2D eigenvalue weighted by molar-refractivity contribution is -0.116. The van der Waals surface area contributed by atoms with Crippen molar-refractivity contribution in [1.82, 2.24) is 5.16 Å². The first-order valence-corrected chi connectivity index (χ1v) is 8.00. The van der Waals surface area contributed by atoms with Crippen LogP contribution in [0.3, 0.4) is 0 Å². The highest BCUT2D eigenvalue weighted by Crippen LogP contribution is 2.37. The van der Waals surface area contributed by atoms with E-state index in [1.807, 2.05) is 13.8 Å². The Balaban J connectivity index is 2.25. The number of aromatic nitrogens is 1. The average molecular weight is 362 g/mol. The van der Waals surface area contributed by atoms with Gasteiger partial charge in [0.15, 0.2) is 11.5 Å². The van der Waals surface area contributed by atoms with Crippen LogP contribution in [0.4, 0.5) is 5.69 Å². The monoisotopic (exact) mass is 362 g/mol. The number of carbonyl (C=O) groups excluding carboxylic acids is 1. The van der Waals surface area contributed by atoms with Crippen molar-refractivity contribution in [3.63, 3.8) is 0 Å². The fraction of sp³-hybridized carbons (Fsp3) is 0.389. The first-order valence-electron chi connectivity index (χ1n) is 8.00. The zero-order chi connectivity index (χ0) is 19.4. The van der Waals surface area contributed by atoms with Gasteiger partial charge in [-0.15, -0.1) is 0 Å². The molecule has 8 heteroatoms. The molecule has 0 fully saturated rings. The molecule has 0 aliphatic heterocycles. The number of hydrogen-bond donors (Lipinski definition) is 2. The minimum Gasteiger partial charge on any atom is -0.493 e. The number of carboxylic acids is 1. The molecule has 1 unspecified atom stereocenters. The van der Waals surface area contributed by atoms with Gasteiger partial charge in [-0.25, -0.2) is 4.79 Å². The number of methoxy groups -OCH3 is 2. The van der Waals surface area contributed by atoms with Gasteiger partial charge in [0.2, 0.25) is 5.91 Å². The standard InChI is InChI=1S/C18H22N2O6/c1-9(16-10(2)20-26-11(16)3)6-15(21)19-13-7-12(18(22)23)8-14(24-4)17(13)25-5/h7-9H,6H2,1-5H3,(H,19,21)(H,22,23). The van der Waals surface area contributed by atoms with Gasteiger partial charge in [-0.3, -0.25) is 4.79 Å². The lowest BCUT2D eigenvalue weighted by Crippen LogP contribution is -2.16. The van der Waals surface area contributed by atoms with E-state index in [0.29, 0.717) is 5.76 Å². The van der Waals surface area contributed by atoms with Crippen LogP contribution in [-0.2, 0) is 4.79 Å². The zero-order valence-electron chi connectivity index (χ0n) is 15.4. The number of benzene rings is 1. The molecule has 8 nitrogen and oxygen atoms in total. The summed E-state index contributed by atoms with van der Waals surface area (Å²) in [7, 11) is 2.81. The lowest BCUT2D eigenvalue weighted by atomic mass is 9.96. The number of carbonyl (C=O) groups is 2. The molecule has 0 aliphatic carbocycles. The second-order valence-corrected chi connectivity index (χ2v) is 5.96. The Morgan fingerprint density at radius 2 is 1.96 bits per heavy atom. The fourth-order valence-electron chi connectivity index (χ4n) is 2.96. The molecule has 1 atom stereocenters. The quantitative estimate of drug-likeness (QED) is 0.778. The van der Waals surface area contributed by atoms with Gasteiger partial charge in [-0.2, -0.15) is 0 Å². The average Bonchev–Trinajstić information content (AvgIpc) is 2.92. The Morgan fingerprint density at radius 3 is 2.46 bits per heavy atom. The first-order chi connectivity index (χ1) is 12.3. The molecule has 0 radical (unpaired) electrons. The van der Waals surface area contributed by atoms with Crippen molar-refractivity contribution in [3.05, 3.63) is 34.7 Å². The molecule has 1 amide bonds. The van der Waals surface area contributed by atoms with Crippen LogP contribution in [-0.4, -0.2) is 36.4 Å². The van der Waals surface area contributed by atoms with Gasteiger partial charge >= 0.3 is 5.97 Å². The molecular weight excluding hydrogens is 340 g/mol. The second-order valence-electron chi connectivity index (χ2n) is 5.96. The highest BCUT2D eigenvalue weighted by atomic mass is 16.5. The largest absolute Gasteiger partial charge is 0.493 e. The van der Waals surface area contributed by atoms with E-state index in [1.165, 1.54) is 26.4 Å². The highest BCUT2D eigenvalue weighted by Gasteiger charge is 2.22. The molecule has 0 spiro atoms. The Bertz CT molecular complexity index is 808. The van der Waals surface area contributed by atoms with E-state index in [2.05, 4.69) is 10.5 Å². The summed E-state index contributed by atoms with van der Waals surface area (Å²) in [4.78, 5) is 23.8. The maximum Gasteiger partial charge on any atom is 0.335 e. The summed E-state index contributed by atoms with van der Waals surface area (Å²) in [6.07, 6.45) is 0.172. The molecule has 1 aromatic heterocycles. The molecule has 26 heavy (non-hydrogen) atoms. The summed E-state index contributed by atoms with van der Waals surface area (Å²) in [5.41, 5.74) is 1.86. The third kappa shape index (κ3) is 3.96. The summed E-state index contributed by atoms with van der Waals surface area (Å²) in [5, 5.41) is 15.8. The Labute approximate surface area is 151 Å². The van der Waals surface area contributed by atoms with Gasteiger partial charge in [0.25, 0.3) is 0 Å². The number of hydrogen-bond acceptors (Lipinski definition) is 6. The van der Waals surface area contributed by atoms with E-state index < -0.39 is 5.97 Å². The number of anilines is 1. The van der Waals surface area contributed by atoms with Crippen LogP contribution >= 0.6 is 0 Å². The molecule has 1 aromatic carbocycles. The number of aromatic carboxylic acids is 1. The minimum absolute atomic E-state index is 0.0169. The van der Waals surface area contributed by atoms with Crippen LogP contribution in [0.5, 0.6) is 11.5 Å². The summed E-state index contributed by atoms with van der Waals surface area (Å²) >= 11 is 0. The van der Waals surface area contributed by atoms with Crippen molar-refractivity contribution in [3.8, 4) is 11.5 Å². The van der Waals surface area contributed by atoms with Crippen molar-refractivity contribution in [2.75, 3.05) is 19.5 Å². The van der Waals surface area contributed by atoms with Crippen LogP contribution in [0.25, 0.3) is 0 Å². The SMILES string of the molecule is COc1cc(C(=O)O)cc(NC(=O)CC(C)c2c(C)noc2C)c1OC. The van der Waals surface area contributed by atoms with Crippen LogP contribution in [0.2, 0.25) is 0 Å². The maximum absolute atomic E-state index is 12.5. The van der Waals surface area contributed by atoms with Gasteiger partial charge < -0.3 is 24.4 Å². The molecule has 2 aromatic rings. The van der Waals surface area contributed by atoms with Gasteiger partial charge in [0, 0.05) is 12.0 Å². The maximum atomic E-state index is 12.5. The van der Waals surface area contributed by atoms with Gasteiger partial charge in [0.05, 0.1) is 31.2 Å². The Hall–Kier alpha value is -3.03. The van der Waals surface area contributed by atoms with E-state index in [-0.39, 0.29) is 41.0 Å². The molecule has 2 rings (SSSR count). The van der Waals surface area contributed by atoms with Crippen LogP contribution in [0.15, 0.2) is 16.7 Å². The number of nitrogens with one attached hydrogen (secondary N) is 1. The third-order valence-electron chi connectivity index (χ3n) is 4.07. The second kappa shape index (κ2) is 7.90. The van der Waals surface area contributed by atoms with E-state index in [9.17, 15) is 14.7 Å². The molecule has 0 saturated carbocycles. The number of ether oxygens (including phenoxy) is 2. The summed E-state index contributed by atoms with van der Waals surface area (Å²) in [6, 6.07) is 2.67. The van der Waals surface area contributed by atoms with Crippen molar-refractivity contribution in [2.45, 2.75) is 33.1 Å². The normalized spacial score (nSPS) is 11.7. The van der Waals surface area contributed by atoms with Crippen LogP contribution in [0.1, 0.15) is 46.6 Å². The summed E-state index contributed by atoms with van der Waals surface area (Å²) < 4.78 is 15.6. The van der Waals surface area contributed by atoms with Gasteiger partial charge in [-0.1, -0.05) is 12.1 Å². The number of rotatable bonds is 7. The molecule has 0 aliphatic rings. The number of carboxylic acid groups (broad SMARTS) is 1. The predicted octanol–water partition coefficient (Wildman–Crippen LogP) is 3.14. The Kier molecular flexibility index (Phi) is 5.86. The van der Waals surface area contributed by atoms with Gasteiger partial charge in [0.1, 0.15) is 5.76 Å². The van der Waals surface area contributed by atoms with E-state index in [0.717, 1.165) is 11.3 Å². The number of aryl methyl sites for hydroxylation is 2. The Morgan fingerprint density at radius 1 is 1.27 bits per heavy atom. The summed E-state index contributed by atoms with van der Waals surface area (Å²) in [6.45, 7) is 5.52. The van der Waals surface area contributed by atoms with Crippen molar-refractivity contribution < 1.29 is 28.7 Å². The van der Waals surface area contributed by atoms with Crippen molar-refractivity contribution in [2.24, 2.45) is 0 Å². The van der Waals surface area contributed by atoms with E-state index >= 15 is 0 Å². The molecule has 1 heterocycles. The molecule has 0 saturated heterocycles. The van der Waals surface area contributed by atoms with Crippen molar-refractivity contribution >= 4 is 17.6 Å². The van der Waals surface area contributed by atoms with Crippen LogP contribution < -0.4 is 14.8 Å². The van der Waals surface area contributed by atoms with E-state index in [4.69, 9.17) is 14.0 Å². The zero-order valence-corrected chi connectivity index (χ0v) is 15.4. The highest BCUT2D eigenvalue weighted by molar-refractivity contribution is 5.97. The molecule has 0 bridgehead atoms. The third-order valence-corrected chi connectivity index (χ3v) is 4.07. The van der Waals surface area contributed by atoms with Crippen LogP contribution in [0, 0.1) is 13.8 Å². The molecule has 140 valence electrons. The fourth-order valence-corrected chi connectivity index (χ4v) is 2.96. The predicted molar refractivity (Wildman–Crippen MR) is 94.1 cm³/mol. The first kappa shape index (κ1) is 19.3. The molecular formula is C18H22N2O6. The lowest BCUT2D eigenvalue weighted by Gasteiger charge is -2.16. The topological polar surface area (TPSA) is 111 Å². The molecule has 2 N–H and O–H groups in total. The smallest absolute Gasteiger partial charge is 0.335 e. The number of amides is 1. The summed E-state index contributed by atoms with van der Waals surface area (Å²) in [5.74, 6) is -0.380. The van der Waals surface area contributed by atoms with E-state index in [1.54, 1.807) is 6.92 Å². The minimum atomic E-state index is -1.13. The van der Waals surface area contributed by atoms with Crippen molar-refractivity contribution in [1.29, 1.82) is 0 Å². The van der Waals surface area contributed by atoms with Gasteiger partial charge in [-0.05, 0) is 31.9 Å².